The molecule has 0 saturated carbocycles. The minimum absolute atomic E-state index is 0.0691. The van der Waals surface area contributed by atoms with E-state index < -0.39 is 0 Å². The minimum atomic E-state index is 0.0691. The highest BCUT2D eigenvalue weighted by atomic mass is 16.5. The van der Waals surface area contributed by atoms with E-state index in [-0.39, 0.29) is 5.78 Å². The summed E-state index contributed by atoms with van der Waals surface area (Å²) in [6, 6.07) is 17.2. The van der Waals surface area contributed by atoms with Gasteiger partial charge in [0, 0.05) is 5.56 Å². The van der Waals surface area contributed by atoms with Crippen LogP contribution < -0.4 is 4.74 Å². The van der Waals surface area contributed by atoms with Crippen LogP contribution in [0.2, 0.25) is 0 Å². The Morgan fingerprint density at radius 1 is 0.947 bits per heavy atom. The lowest BCUT2D eigenvalue weighted by Crippen LogP contribution is -1.96. The zero-order valence-electron chi connectivity index (χ0n) is 11.7. The Labute approximate surface area is 115 Å². The van der Waals surface area contributed by atoms with Gasteiger partial charge in [-0.3, -0.25) is 4.79 Å². The Hall–Kier alpha value is -2.09. The van der Waals surface area contributed by atoms with E-state index in [9.17, 15) is 4.79 Å². The molecule has 0 amide bonds. The van der Waals surface area contributed by atoms with E-state index in [1.54, 1.807) is 19.1 Å². The molecule has 19 heavy (non-hydrogen) atoms. The predicted molar refractivity (Wildman–Crippen MR) is 78.6 cm³/mol. The van der Waals surface area contributed by atoms with E-state index in [1.165, 1.54) is 0 Å². The first kappa shape index (κ1) is 15.0. The monoisotopic (exact) mass is 256 g/mol. The lowest BCUT2D eigenvalue weighted by Gasteiger charge is -2.06. The fourth-order valence-electron chi connectivity index (χ4n) is 1.53. The van der Waals surface area contributed by atoms with Gasteiger partial charge in [0.15, 0.2) is 5.78 Å². The molecule has 2 aromatic carbocycles. The Morgan fingerprint density at radius 2 is 1.53 bits per heavy atom. The molecule has 0 heterocycles. The molecule has 0 radical (unpaired) electrons. The van der Waals surface area contributed by atoms with Gasteiger partial charge in [-0.1, -0.05) is 44.2 Å². The molecule has 2 heteroatoms. The van der Waals surface area contributed by atoms with Crippen molar-refractivity contribution in [3.63, 3.8) is 0 Å². The first-order chi connectivity index (χ1) is 9.25. The maximum Gasteiger partial charge on any atom is 0.159 e. The molecule has 0 aliphatic heterocycles. The third-order valence-corrected chi connectivity index (χ3v) is 2.51. The SMILES string of the molecule is CC.CC(=O)c1ccc(OCc2ccccc2)cc1. The number of rotatable bonds is 4. The van der Waals surface area contributed by atoms with Crippen molar-refractivity contribution in [2.24, 2.45) is 0 Å². The number of ketones is 1. The quantitative estimate of drug-likeness (QED) is 0.753. The topological polar surface area (TPSA) is 26.3 Å². The van der Waals surface area contributed by atoms with Crippen LogP contribution >= 0.6 is 0 Å². The van der Waals surface area contributed by atoms with Crippen molar-refractivity contribution in [3.05, 3.63) is 65.7 Å². The number of carbonyl (C=O) groups excluding carboxylic acids is 1. The van der Waals surface area contributed by atoms with Crippen LogP contribution in [-0.4, -0.2) is 5.78 Å². The van der Waals surface area contributed by atoms with Crippen LogP contribution in [0.15, 0.2) is 54.6 Å². The smallest absolute Gasteiger partial charge is 0.159 e. The Kier molecular flexibility index (Phi) is 6.37. The van der Waals surface area contributed by atoms with Crippen molar-refractivity contribution in [2.45, 2.75) is 27.4 Å². The van der Waals surface area contributed by atoms with E-state index in [2.05, 4.69) is 0 Å². The van der Waals surface area contributed by atoms with Gasteiger partial charge in [-0.25, -0.2) is 0 Å². The van der Waals surface area contributed by atoms with Gasteiger partial charge in [-0.15, -0.1) is 0 Å². The first-order valence-corrected chi connectivity index (χ1v) is 6.53. The van der Waals surface area contributed by atoms with Crippen LogP contribution in [0.5, 0.6) is 5.75 Å². The Morgan fingerprint density at radius 3 is 2.05 bits per heavy atom. The third-order valence-electron chi connectivity index (χ3n) is 2.51. The Bertz CT molecular complexity index is 486. The van der Waals surface area contributed by atoms with Crippen molar-refractivity contribution in [1.82, 2.24) is 0 Å². The molecular formula is C17H20O2. The van der Waals surface area contributed by atoms with Crippen molar-refractivity contribution >= 4 is 5.78 Å². The fourth-order valence-corrected chi connectivity index (χ4v) is 1.53. The molecule has 0 aliphatic carbocycles. The summed E-state index contributed by atoms with van der Waals surface area (Å²) < 4.78 is 5.62. The first-order valence-electron chi connectivity index (χ1n) is 6.53. The molecule has 2 rings (SSSR count). The fraction of sp³-hybridized carbons (Fsp3) is 0.235. The normalized spacial score (nSPS) is 9.21. The van der Waals surface area contributed by atoms with Gasteiger partial charge >= 0.3 is 0 Å². The van der Waals surface area contributed by atoms with Crippen LogP contribution in [-0.2, 0) is 6.61 Å². The van der Waals surface area contributed by atoms with Crippen molar-refractivity contribution in [1.29, 1.82) is 0 Å². The standard InChI is InChI=1S/C15H14O2.C2H6/c1-12(16)14-7-9-15(10-8-14)17-11-13-5-3-2-4-6-13;1-2/h2-10H,11H2,1H3;1-2H3. The number of hydrogen-bond acceptors (Lipinski definition) is 2. The molecule has 0 fully saturated rings. The van der Waals surface area contributed by atoms with Crippen LogP contribution in [0.3, 0.4) is 0 Å². The van der Waals surface area contributed by atoms with Crippen LogP contribution in [0, 0.1) is 0 Å². The summed E-state index contributed by atoms with van der Waals surface area (Å²) in [5.74, 6) is 0.846. The molecule has 0 saturated heterocycles. The van der Waals surface area contributed by atoms with E-state index in [0.717, 1.165) is 11.3 Å². The molecule has 0 unspecified atom stereocenters. The molecule has 100 valence electrons. The van der Waals surface area contributed by atoms with Crippen LogP contribution in [0.4, 0.5) is 0 Å². The summed E-state index contributed by atoms with van der Waals surface area (Å²) in [7, 11) is 0. The highest BCUT2D eigenvalue weighted by Crippen LogP contribution is 2.14. The summed E-state index contributed by atoms with van der Waals surface area (Å²) in [6.45, 7) is 6.10. The molecule has 0 aromatic heterocycles. The third kappa shape index (κ3) is 4.96. The number of carbonyl (C=O) groups is 1. The highest BCUT2D eigenvalue weighted by Gasteiger charge is 1.99. The molecular weight excluding hydrogens is 236 g/mol. The lowest BCUT2D eigenvalue weighted by molar-refractivity contribution is 0.101. The van der Waals surface area contributed by atoms with Gasteiger partial charge in [0.25, 0.3) is 0 Å². The van der Waals surface area contributed by atoms with Gasteiger partial charge in [0.05, 0.1) is 0 Å². The van der Waals surface area contributed by atoms with Crippen molar-refractivity contribution in [3.8, 4) is 5.75 Å². The summed E-state index contributed by atoms with van der Waals surface area (Å²) in [4.78, 5) is 11.1. The number of ether oxygens (including phenoxy) is 1. The van der Waals surface area contributed by atoms with Gasteiger partial charge < -0.3 is 4.74 Å². The van der Waals surface area contributed by atoms with Gasteiger partial charge in [-0.2, -0.15) is 0 Å². The molecule has 2 aromatic rings. The second kappa shape index (κ2) is 8.09. The average Bonchev–Trinajstić information content (AvgIpc) is 2.49. The van der Waals surface area contributed by atoms with Gasteiger partial charge in [0.2, 0.25) is 0 Å². The van der Waals surface area contributed by atoms with Crippen LogP contribution in [0.25, 0.3) is 0 Å². The maximum absolute atomic E-state index is 11.1. The number of Topliss-reactive ketones (excluding diaryl/α,β-unsaturated/α-hetero) is 1. The summed E-state index contributed by atoms with van der Waals surface area (Å²) in [5.41, 5.74) is 1.83. The van der Waals surface area contributed by atoms with E-state index in [1.807, 2.05) is 56.3 Å². The zero-order valence-corrected chi connectivity index (χ0v) is 11.7. The molecule has 2 nitrogen and oxygen atoms in total. The second-order valence-electron chi connectivity index (χ2n) is 3.85. The summed E-state index contributed by atoms with van der Waals surface area (Å²) in [6.07, 6.45) is 0. The van der Waals surface area contributed by atoms with E-state index in [4.69, 9.17) is 4.74 Å². The summed E-state index contributed by atoms with van der Waals surface area (Å²) >= 11 is 0. The summed E-state index contributed by atoms with van der Waals surface area (Å²) in [5, 5.41) is 0. The highest BCUT2D eigenvalue weighted by molar-refractivity contribution is 5.94. The molecule has 0 N–H and O–H groups in total. The van der Waals surface area contributed by atoms with Gasteiger partial charge in [0.1, 0.15) is 12.4 Å². The number of benzene rings is 2. The molecule has 0 spiro atoms. The van der Waals surface area contributed by atoms with Crippen molar-refractivity contribution < 1.29 is 9.53 Å². The lowest BCUT2D eigenvalue weighted by atomic mass is 10.1. The number of hydrogen-bond donors (Lipinski definition) is 0. The zero-order chi connectivity index (χ0) is 14.1. The van der Waals surface area contributed by atoms with E-state index >= 15 is 0 Å². The molecule has 0 aliphatic rings. The predicted octanol–water partition coefficient (Wildman–Crippen LogP) is 4.49. The minimum Gasteiger partial charge on any atom is -0.489 e. The second-order valence-corrected chi connectivity index (χ2v) is 3.85. The molecule has 0 bridgehead atoms. The largest absolute Gasteiger partial charge is 0.489 e. The van der Waals surface area contributed by atoms with Crippen LogP contribution in [0.1, 0.15) is 36.7 Å². The molecule has 0 atom stereocenters. The van der Waals surface area contributed by atoms with Crippen molar-refractivity contribution in [2.75, 3.05) is 0 Å². The average molecular weight is 256 g/mol. The van der Waals surface area contributed by atoms with Gasteiger partial charge in [-0.05, 0) is 36.8 Å². The maximum atomic E-state index is 11.1. The Balaban J connectivity index is 0.000000861. The van der Waals surface area contributed by atoms with E-state index in [0.29, 0.717) is 12.2 Å².